The van der Waals surface area contributed by atoms with Crippen LogP contribution in [0, 0.1) is 11.6 Å². The summed E-state index contributed by atoms with van der Waals surface area (Å²) in [4.78, 5) is 0. The molecule has 1 aromatic rings. The summed E-state index contributed by atoms with van der Waals surface area (Å²) in [5.41, 5.74) is 0.450. The number of allylic oxidation sites excluding steroid dienone is 2. The van der Waals surface area contributed by atoms with Gasteiger partial charge in [0.1, 0.15) is 0 Å². The van der Waals surface area contributed by atoms with Crippen molar-refractivity contribution < 1.29 is 8.78 Å². The Bertz CT molecular complexity index is 316. The van der Waals surface area contributed by atoms with Crippen LogP contribution in [0.15, 0.2) is 30.4 Å². The smallest absolute Gasteiger partial charge is 0.162 e. The molecule has 0 N–H and O–H groups in total. The van der Waals surface area contributed by atoms with Crippen LogP contribution in [-0.4, -0.2) is 0 Å². The summed E-state index contributed by atoms with van der Waals surface area (Å²) in [5.74, 6) is -1.47. The molecule has 2 heteroatoms. The van der Waals surface area contributed by atoms with Gasteiger partial charge in [-0.05, 0) is 30.9 Å². The SMILES string of the molecule is CCC=CCCc1cccc(F)c1F. The van der Waals surface area contributed by atoms with Crippen molar-refractivity contribution in [3.05, 3.63) is 47.5 Å². The molecule has 0 atom stereocenters. The second-order valence-corrected chi connectivity index (χ2v) is 3.13. The first-order chi connectivity index (χ1) is 6.75. The van der Waals surface area contributed by atoms with E-state index >= 15 is 0 Å². The van der Waals surface area contributed by atoms with Crippen LogP contribution in [0.5, 0.6) is 0 Å². The van der Waals surface area contributed by atoms with Crippen molar-refractivity contribution in [3.8, 4) is 0 Å². The Morgan fingerprint density at radius 3 is 2.71 bits per heavy atom. The summed E-state index contributed by atoms with van der Waals surface area (Å²) in [5, 5.41) is 0. The van der Waals surface area contributed by atoms with Gasteiger partial charge < -0.3 is 0 Å². The molecule has 0 aromatic heterocycles. The molecular formula is C12H14F2. The normalized spacial score (nSPS) is 11.1. The highest BCUT2D eigenvalue weighted by Crippen LogP contribution is 2.13. The summed E-state index contributed by atoms with van der Waals surface area (Å²) in [6.45, 7) is 2.04. The fraction of sp³-hybridized carbons (Fsp3) is 0.333. The molecule has 0 saturated carbocycles. The highest BCUT2D eigenvalue weighted by Gasteiger charge is 2.05. The molecule has 14 heavy (non-hydrogen) atoms. The minimum Gasteiger partial charge on any atom is -0.204 e. The number of hydrogen-bond acceptors (Lipinski definition) is 0. The van der Waals surface area contributed by atoms with Crippen LogP contribution in [0.2, 0.25) is 0 Å². The monoisotopic (exact) mass is 196 g/mol. The summed E-state index contributed by atoms with van der Waals surface area (Å²) < 4.78 is 25.9. The van der Waals surface area contributed by atoms with Gasteiger partial charge in [-0.1, -0.05) is 31.2 Å². The number of benzene rings is 1. The van der Waals surface area contributed by atoms with Gasteiger partial charge >= 0.3 is 0 Å². The minimum atomic E-state index is -0.762. The second kappa shape index (κ2) is 5.53. The number of halogens is 2. The lowest BCUT2D eigenvalue weighted by Crippen LogP contribution is -1.93. The first kappa shape index (κ1) is 10.9. The van der Waals surface area contributed by atoms with Crippen LogP contribution >= 0.6 is 0 Å². The predicted molar refractivity (Wildman–Crippen MR) is 54.1 cm³/mol. The molecule has 0 nitrogen and oxygen atoms in total. The maximum atomic E-state index is 13.1. The quantitative estimate of drug-likeness (QED) is 0.641. The highest BCUT2D eigenvalue weighted by molar-refractivity contribution is 5.19. The van der Waals surface area contributed by atoms with Crippen LogP contribution in [-0.2, 0) is 6.42 Å². The average Bonchev–Trinajstić information content (AvgIpc) is 2.19. The number of aryl methyl sites for hydroxylation is 1. The summed E-state index contributed by atoms with van der Waals surface area (Å²) in [6.07, 6.45) is 6.31. The maximum Gasteiger partial charge on any atom is 0.162 e. The second-order valence-electron chi connectivity index (χ2n) is 3.13. The maximum absolute atomic E-state index is 13.1. The van der Waals surface area contributed by atoms with Gasteiger partial charge in [0.05, 0.1) is 0 Å². The molecule has 0 spiro atoms. The van der Waals surface area contributed by atoms with E-state index in [2.05, 4.69) is 0 Å². The van der Waals surface area contributed by atoms with Crippen LogP contribution in [0.1, 0.15) is 25.3 Å². The standard InChI is InChI=1S/C12H14F2/c1-2-3-4-5-7-10-8-6-9-11(13)12(10)14/h3-4,6,8-9H,2,5,7H2,1H3. The van der Waals surface area contributed by atoms with Gasteiger partial charge in [0.2, 0.25) is 0 Å². The molecule has 0 fully saturated rings. The zero-order valence-electron chi connectivity index (χ0n) is 8.26. The Balaban J connectivity index is 2.59. The molecule has 0 bridgehead atoms. The first-order valence-electron chi connectivity index (χ1n) is 4.83. The lowest BCUT2D eigenvalue weighted by atomic mass is 10.1. The van der Waals surface area contributed by atoms with E-state index in [0.29, 0.717) is 12.0 Å². The van der Waals surface area contributed by atoms with E-state index in [1.165, 1.54) is 6.07 Å². The Hall–Kier alpha value is -1.18. The lowest BCUT2D eigenvalue weighted by Gasteiger charge is -2.00. The van der Waals surface area contributed by atoms with Crippen LogP contribution in [0.3, 0.4) is 0 Å². The molecule has 0 aliphatic rings. The fourth-order valence-corrected chi connectivity index (χ4v) is 1.26. The van der Waals surface area contributed by atoms with Crippen molar-refractivity contribution in [3.63, 3.8) is 0 Å². The zero-order valence-corrected chi connectivity index (χ0v) is 8.26. The van der Waals surface area contributed by atoms with Crippen molar-refractivity contribution in [1.29, 1.82) is 0 Å². The van der Waals surface area contributed by atoms with E-state index in [0.717, 1.165) is 18.9 Å². The van der Waals surface area contributed by atoms with Crippen LogP contribution < -0.4 is 0 Å². The Labute approximate surface area is 83.3 Å². The molecular weight excluding hydrogens is 182 g/mol. The molecule has 1 aromatic carbocycles. The molecule has 0 aliphatic heterocycles. The Morgan fingerprint density at radius 1 is 1.21 bits per heavy atom. The molecule has 0 unspecified atom stereocenters. The summed E-state index contributed by atoms with van der Waals surface area (Å²) in [7, 11) is 0. The van der Waals surface area contributed by atoms with E-state index in [-0.39, 0.29) is 0 Å². The molecule has 0 heterocycles. The van der Waals surface area contributed by atoms with E-state index in [1.54, 1.807) is 6.07 Å². The van der Waals surface area contributed by atoms with Crippen molar-refractivity contribution in [2.45, 2.75) is 26.2 Å². The fourth-order valence-electron chi connectivity index (χ4n) is 1.26. The third-order valence-corrected chi connectivity index (χ3v) is 2.01. The highest BCUT2D eigenvalue weighted by atomic mass is 19.2. The lowest BCUT2D eigenvalue weighted by molar-refractivity contribution is 0.499. The van der Waals surface area contributed by atoms with Crippen LogP contribution in [0.25, 0.3) is 0 Å². The average molecular weight is 196 g/mol. The number of rotatable bonds is 4. The van der Waals surface area contributed by atoms with Gasteiger partial charge in [0, 0.05) is 0 Å². The minimum absolute atomic E-state index is 0.450. The first-order valence-corrected chi connectivity index (χ1v) is 4.83. The Kier molecular flexibility index (Phi) is 4.30. The van der Waals surface area contributed by atoms with Gasteiger partial charge in [-0.25, -0.2) is 8.78 Å². The van der Waals surface area contributed by atoms with Gasteiger partial charge in [-0.3, -0.25) is 0 Å². The van der Waals surface area contributed by atoms with E-state index in [1.807, 2.05) is 19.1 Å². The van der Waals surface area contributed by atoms with E-state index < -0.39 is 11.6 Å². The molecule has 0 radical (unpaired) electrons. The topological polar surface area (TPSA) is 0 Å². The van der Waals surface area contributed by atoms with Crippen molar-refractivity contribution in [2.24, 2.45) is 0 Å². The van der Waals surface area contributed by atoms with E-state index in [9.17, 15) is 8.78 Å². The predicted octanol–water partition coefficient (Wildman–Crippen LogP) is 3.86. The van der Waals surface area contributed by atoms with Gasteiger partial charge in [0.25, 0.3) is 0 Å². The summed E-state index contributed by atoms with van der Waals surface area (Å²) >= 11 is 0. The molecule has 0 saturated heterocycles. The molecule has 76 valence electrons. The Morgan fingerprint density at radius 2 is 2.00 bits per heavy atom. The zero-order chi connectivity index (χ0) is 10.4. The third-order valence-electron chi connectivity index (χ3n) is 2.01. The largest absolute Gasteiger partial charge is 0.204 e. The molecule has 0 amide bonds. The molecule has 1 rings (SSSR count). The van der Waals surface area contributed by atoms with Crippen LogP contribution in [0.4, 0.5) is 8.78 Å². The van der Waals surface area contributed by atoms with Gasteiger partial charge in [-0.2, -0.15) is 0 Å². The third kappa shape index (κ3) is 2.95. The van der Waals surface area contributed by atoms with Gasteiger partial charge in [0.15, 0.2) is 11.6 Å². The molecule has 0 aliphatic carbocycles. The van der Waals surface area contributed by atoms with Crippen molar-refractivity contribution >= 4 is 0 Å². The van der Waals surface area contributed by atoms with E-state index in [4.69, 9.17) is 0 Å². The van der Waals surface area contributed by atoms with Crippen molar-refractivity contribution in [2.75, 3.05) is 0 Å². The van der Waals surface area contributed by atoms with Crippen molar-refractivity contribution in [1.82, 2.24) is 0 Å². The number of hydrogen-bond donors (Lipinski definition) is 0. The van der Waals surface area contributed by atoms with Gasteiger partial charge in [-0.15, -0.1) is 0 Å². The summed E-state index contributed by atoms with van der Waals surface area (Å²) in [6, 6.07) is 4.30.